The van der Waals surface area contributed by atoms with Crippen molar-refractivity contribution in [3.8, 4) is 22.6 Å². The topological polar surface area (TPSA) is 46.5 Å². The van der Waals surface area contributed by atoms with Gasteiger partial charge in [-0.05, 0) is 78.8 Å². The highest BCUT2D eigenvalue weighted by molar-refractivity contribution is 6.00. The predicted molar refractivity (Wildman–Crippen MR) is 144 cm³/mol. The van der Waals surface area contributed by atoms with Gasteiger partial charge in [-0.25, -0.2) is 8.78 Å². The van der Waals surface area contributed by atoms with Crippen molar-refractivity contribution in [2.45, 2.75) is 71.1 Å². The summed E-state index contributed by atoms with van der Waals surface area (Å²) in [6.45, 7) is 4.12. The number of carbonyl (C=O) groups is 1. The van der Waals surface area contributed by atoms with Gasteiger partial charge in [0, 0.05) is 6.42 Å². The van der Waals surface area contributed by atoms with Crippen LogP contribution < -0.4 is 4.74 Å². The zero-order valence-corrected chi connectivity index (χ0v) is 21.7. The van der Waals surface area contributed by atoms with Gasteiger partial charge in [-0.2, -0.15) is 0 Å². The van der Waals surface area contributed by atoms with Crippen LogP contribution in [-0.4, -0.2) is 17.5 Å². The van der Waals surface area contributed by atoms with E-state index in [1.165, 1.54) is 56.2 Å². The molecule has 0 aliphatic heterocycles. The summed E-state index contributed by atoms with van der Waals surface area (Å²) in [6.07, 6.45) is 4.90. The summed E-state index contributed by atoms with van der Waals surface area (Å²) in [5.41, 5.74) is 3.58. The molecule has 3 aromatic rings. The molecule has 196 valence electrons. The maximum Gasteiger partial charge on any atom is 0.271 e. The summed E-state index contributed by atoms with van der Waals surface area (Å²) in [6, 6.07) is 19.2. The van der Waals surface area contributed by atoms with Crippen molar-refractivity contribution < 1.29 is 23.4 Å². The number of Topliss-reactive ketones (excluding diaryl/α,β-unsaturated/α-hetero) is 1. The normalized spacial score (nSPS) is 17.6. The van der Waals surface area contributed by atoms with E-state index >= 15 is 0 Å². The monoisotopic (exact) mass is 506 g/mol. The lowest BCUT2D eigenvalue weighted by Crippen LogP contribution is -2.13. The molecule has 4 rings (SSSR count). The number of carbonyl (C=O) groups excluding carboxylic acids is 1. The van der Waals surface area contributed by atoms with E-state index in [4.69, 9.17) is 4.74 Å². The molecular weight excluding hydrogens is 470 g/mol. The van der Waals surface area contributed by atoms with Gasteiger partial charge in [0.25, 0.3) is 6.43 Å². The Kier molecular flexibility index (Phi) is 8.96. The molecule has 0 saturated heterocycles. The number of phenolic OH excluding ortho intramolecular Hbond substituents is 1. The number of phenols is 1. The molecule has 0 atom stereocenters. The lowest BCUT2D eigenvalue weighted by atomic mass is 9.77. The average molecular weight is 507 g/mol. The second-order valence-corrected chi connectivity index (χ2v) is 10.0. The Morgan fingerprint density at radius 3 is 2.11 bits per heavy atom. The first-order valence-corrected chi connectivity index (χ1v) is 13.4. The first-order valence-electron chi connectivity index (χ1n) is 13.4. The van der Waals surface area contributed by atoms with Crippen molar-refractivity contribution in [3.05, 3.63) is 82.9 Å². The van der Waals surface area contributed by atoms with Crippen LogP contribution in [0, 0.1) is 5.92 Å². The lowest BCUT2D eigenvalue weighted by Gasteiger charge is -2.28. The van der Waals surface area contributed by atoms with Gasteiger partial charge < -0.3 is 9.84 Å². The number of ether oxygens (including phenoxy) is 1. The van der Waals surface area contributed by atoms with E-state index in [0.717, 1.165) is 22.6 Å². The van der Waals surface area contributed by atoms with Crippen molar-refractivity contribution in [2.24, 2.45) is 5.92 Å². The zero-order chi connectivity index (χ0) is 26.4. The standard InChI is InChI=1S/C32H36F2O3/c1-3-5-21-6-10-23(11-7-21)25-14-16-26(17-15-25)24-12-8-22(9-13-24)20-28(35)27-18-19-29(37-4-2)30(31(27)36)32(33)34/h8-9,12-19,21,23,32,36H,3-7,10-11,20H2,1-2H3. The van der Waals surface area contributed by atoms with E-state index in [-0.39, 0.29) is 24.3 Å². The molecule has 5 heteroatoms. The molecule has 0 bridgehead atoms. The Hall–Kier alpha value is -3.21. The second-order valence-electron chi connectivity index (χ2n) is 10.0. The van der Waals surface area contributed by atoms with Crippen molar-refractivity contribution >= 4 is 5.78 Å². The smallest absolute Gasteiger partial charge is 0.271 e. The van der Waals surface area contributed by atoms with Crippen LogP contribution in [0.15, 0.2) is 60.7 Å². The average Bonchev–Trinajstić information content (AvgIpc) is 2.90. The molecule has 1 aliphatic carbocycles. The number of hydrogen-bond donors (Lipinski definition) is 1. The molecule has 0 amide bonds. The zero-order valence-electron chi connectivity index (χ0n) is 21.7. The molecule has 0 spiro atoms. The van der Waals surface area contributed by atoms with E-state index in [1.807, 2.05) is 24.3 Å². The summed E-state index contributed by atoms with van der Waals surface area (Å²) < 4.78 is 32.2. The fraction of sp³-hybridized carbons (Fsp3) is 0.406. The predicted octanol–water partition coefficient (Wildman–Crippen LogP) is 8.89. The van der Waals surface area contributed by atoms with Gasteiger partial charge in [-0.1, -0.05) is 68.3 Å². The lowest BCUT2D eigenvalue weighted by molar-refractivity contribution is 0.0988. The Bertz CT molecular complexity index is 1180. The number of rotatable bonds is 10. The van der Waals surface area contributed by atoms with Crippen LogP contribution in [0.4, 0.5) is 8.78 Å². The number of aromatic hydroxyl groups is 1. The Morgan fingerprint density at radius 1 is 0.919 bits per heavy atom. The summed E-state index contributed by atoms with van der Waals surface area (Å²) in [7, 11) is 0. The highest BCUT2D eigenvalue weighted by Gasteiger charge is 2.25. The van der Waals surface area contributed by atoms with Crippen molar-refractivity contribution in [2.75, 3.05) is 6.61 Å². The molecule has 1 fully saturated rings. The highest BCUT2D eigenvalue weighted by Crippen LogP contribution is 2.40. The number of halogens is 2. The van der Waals surface area contributed by atoms with Crippen molar-refractivity contribution in [1.29, 1.82) is 0 Å². The van der Waals surface area contributed by atoms with Crippen molar-refractivity contribution in [3.63, 3.8) is 0 Å². The fourth-order valence-corrected chi connectivity index (χ4v) is 5.54. The molecule has 0 aromatic heterocycles. The first-order chi connectivity index (χ1) is 17.9. The minimum Gasteiger partial charge on any atom is -0.507 e. The first kappa shape index (κ1) is 26.8. The molecule has 0 heterocycles. The Labute approximate surface area is 218 Å². The minimum atomic E-state index is -2.95. The van der Waals surface area contributed by atoms with Crippen molar-refractivity contribution in [1.82, 2.24) is 0 Å². The molecule has 0 radical (unpaired) electrons. The van der Waals surface area contributed by atoms with Gasteiger partial charge in [-0.3, -0.25) is 4.79 Å². The van der Waals surface area contributed by atoms with Crippen LogP contribution in [0.2, 0.25) is 0 Å². The minimum absolute atomic E-state index is 0.00411. The summed E-state index contributed by atoms with van der Waals surface area (Å²) >= 11 is 0. The quantitative estimate of drug-likeness (QED) is 0.279. The van der Waals surface area contributed by atoms with Gasteiger partial charge >= 0.3 is 0 Å². The molecule has 3 aromatic carbocycles. The van der Waals surface area contributed by atoms with Crippen LogP contribution >= 0.6 is 0 Å². The molecule has 37 heavy (non-hydrogen) atoms. The summed E-state index contributed by atoms with van der Waals surface area (Å²) in [4.78, 5) is 12.8. The van der Waals surface area contributed by atoms with Gasteiger partial charge in [0.1, 0.15) is 17.1 Å². The van der Waals surface area contributed by atoms with Crippen LogP contribution in [0.25, 0.3) is 11.1 Å². The number of ketones is 1. The van der Waals surface area contributed by atoms with Gasteiger partial charge in [-0.15, -0.1) is 0 Å². The highest BCUT2D eigenvalue weighted by atomic mass is 19.3. The number of benzene rings is 3. The van der Waals surface area contributed by atoms with E-state index in [0.29, 0.717) is 5.92 Å². The maximum absolute atomic E-state index is 13.5. The Balaban J connectivity index is 1.41. The van der Waals surface area contributed by atoms with Crippen LogP contribution in [-0.2, 0) is 6.42 Å². The maximum atomic E-state index is 13.5. The summed E-state index contributed by atoms with van der Waals surface area (Å²) in [5.74, 6) is 0.316. The van der Waals surface area contributed by atoms with E-state index in [1.54, 1.807) is 6.92 Å². The second kappa shape index (κ2) is 12.4. The molecule has 1 aliphatic rings. The van der Waals surface area contributed by atoms with Crippen LogP contribution in [0.1, 0.15) is 91.8 Å². The third-order valence-electron chi connectivity index (χ3n) is 7.57. The van der Waals surface area contributed by atoms with Crippen LogP contribution in [0.3, 0.4) is 0 Å². The fourth-order valence-electron chi connectivity index (χ4n) is 5.54. The molecule has 1 N–H and O–H groups in total. The molecule has 3 nitrogen and oxygen atoms in total. The molecule has 1 saturated carbocycles. The van der Waals surface area contributed by atoms with Gasteiger partial charge in [0.15, 0.2) is 5.78 Å². The number of hydrogen-bond acceptors (Lipinski definition) is 3. The SMILES string of the molecule is CCCC1CCC(c2ccc(-c3ccc(CC(=O)c4ccc(OCC)c(C(F)F)c4O)cc3)cc2)CC1. The summed E-state index contributed by atoms with van der Waals surface area (Å²) in [5, 5.41) is 10.4. The van der Waals surface area contributed by atoms with E-state index in [9.17, 15) is 18.7 Å². The molecular formula is C32H36F2O3. The Morgan fingerprint density at radius 2 is 1.54 bits per heavy atom. The van der Waals surface area contributed by atoms with Crippen LogP contribution in [0.5, 0.6) is 11.5 Å². The van der Waals surface area contributed by atoms with E-state index in [2.05, 4.69) is 31.2 Å². The number of alkyl halides is 2. The van der Waals surface area contributed by atoms with E-state index < -0.39 is 23.5 Å². The third kappa shape index (κ3) is 6.38. The largest absolute Gasteiger partial charge is 0.507 e. The third-order valence-corrected chi connectivity index (χ3v) is 7.57. The van der Waals surface area contributed by atoms with Gasteiger partial charge in [0.05, 0.1) is 12.2 Å². The van der Waals surface area contributed by atoms with Gasteiger partial charge in [0.2, 0.25) is 0 Å². The molecule has 0 unspecified atom stereocenters.